The molecule has 94 valence electrons. The van der Waals surface area contributed by atoms with Crippen LogP contribution in [-0.4, -0.2) is 26.1 Å². The Bertz CT molecular complexity index is 341. The molecular weight excluding hydrogens is 216 g/mol. The lowest BCUT2D eigenvalue weighted by Gasteiger charge is -2.17. The van der Waals surface area contributed by atoms with Gasteiger partial charge in [0.25, 0.3) is 5.91 Å². The van der Waals surface area contributed by atoms with Gasteiger partial charge in [-0.2, -0.15) is 0 Å². The van der Waals surface area contributed by atoms with E-state index < -0.39 is 6.10 Å². The van der Waals surface area contributed by atoms with Crippen LogP contribution < -0.4 is 11.1 Å². The van der Waals surface area contributed by atoms with Crippen molar-refractivity contribution in [3.8, 4) is 0 Å². The van der Waals surface area contributed by atoms with Crippen LogP contribution in [0.5, 0.6) is 0 Å². The number of nitrogens with two attached hydrogens (primary N) is 1. The number of hydrogen-bond acceptors (Lipinski definition) is 3. The van der Waals surface area contributed by atoms with E-state index >= 15 is 0 Å². The van der Waals surface area contributed by atoms with Crippen LogP contribution in [0.3, 0.4) is 0 Å². The molecule has 0 aliphatic rings. The van der Waals surface area contributed by atoms with Crippen molar-refractivity contribution in [2.75, 3.05) is 20.2 Å². The van der Waals surface area contributed by atoms with Gasteiger partial charge in [-0.15, -0.1) is 0 Å². The summed E-state index contributed by atoms with van der Waals surface area (Å²) in [6.07, 6.45) is -0.554. The van der Waals surface area contributed by atoms with E-state index in [1.807, 2.05) is 37.3 Å². The largest absolute Gasteiger partial charge is 0.367 e. The highest BCUT2D eigenvalue weighted by molar-refractivity contribution is 5.82. The molecule has 4 heteroatoms. The molecule has 17 heavy (non-hydrogen) atoms. The molecule has 1 rings (SSSR count). The van der Waals surface area contributed by atoms with Gasteiger partial charge >= 0.3 is 0 Å². The zero-order chi connectivity index (χ0) is 12.7. The standard InChI is InChI=1S/C13H20N2O2/c1-10(8-14)9-15-13(16)12(17-2)11-6-4-3-5-7-11/h3-7,10,12H,8-9,14H2,1-2H3,(H,15,16). The highest BCUT2D eigenvalue weighted by atomic mass is 16.5. The number of methoxy groups -OCH3 is 1. The molecule has 2 unspecified atom stereocenters. The van der Waals surface area contributed by atoms with Crippen molar-refractivity contribution in [2.24, 2.45) is 11.7 Å². The first-order valence-corrected chi connectivity index (χ1v) is 5.74. The van der Waals surface area contributed by atoms with Gasteiger partial charge in [0, 0.05) is 13.7 Å². The van der Waals surface area contributed by atoms with Crippen molar-refractivity contribution in [3.63, 3.8) is 0 Å². The Morgan fingerprint density at radius 1 is 1.41 bits per heavy atom. The molecule has 0 aliphatic carbocycles. The van der Waals surface area contributed by atoms with Crippen LogP contribution in [0, 0.1) is 5.92 Å². The molecular formula is C13H20N2O2. The van der Waals surface area contributed by atoms with Crippen LogP contribution >= 0.6 is 0 Å². The molecule has 0 fully saturated rings. The van der Waals surface area contributed by atoms with E-state index in [2.05, 4.69) is 5.32 Å². The number of benzene rings is 1. The molecule has 1 aromatic rings. The average molecular weight is 236 g/mol. The smallest absolute Gasteiger partial charge is 0.253 e. The first-order chi connectivity index (χ1) is 8.19. The molecule has 0 aliphatic heterocycles. The third-order valence-corrected chi connectivity index (χ3v) is 2.60. The van der Waals surface area contributed by atoms with Gasteiger partial charge in [-0.3, -0.25) is 4.79 Å². The molecule has 4 nitrogen and oxygen atoms in total. The summed E-state index contributed by atoms with van der Waals surface area (Å²) < 4.78 is 5.22. The fraction of sp³-hybridized carbons (Fsp3) is 0.462. The van der Waals surface area contributed by atoms with Crippen molar-refractivity contribution in [2.45, 2.75) is 13.0 Å². The molecule has 0 heterocycles. The summed E-state index contributed by atoms with van der Waals surface area (Å²) >= 11 is 0. The highest BCUT2D eigenvalue weighted by Crippen LogP contribution is 2.16. The van der Waals surface area contributed by atoms with Gasteiger partial charge in [0.15, 0.2) is 6.10 Å². The second kappa shape index (κ2) is 7.04. The topological polar surface area (TPSA) is 64.3 Å². The van der Waals surface area contributed by atoms with Gasteiger partial charge in [-0.1, -0.05) is 37.3 Å². The maximum absolute atomic E-state index is 11.9. The Morgan fingerprint density at radius 3 is 2.59 bits per heavy atom. The van der Waals surface area contributed by atoms with Gasteiger partial charge in [0.1, 0.15) is 0 Å². The molecule has 3 N–H and O–H groups in total. The first-order valence-electron chi connectivity index (χ1n) is 5.74. The third-order valence-electron chi connectivity index (χ3n) is 2.60. The summed E-state index contributed by atoms with van der Waals surface area (Å²) in [4.78, 5) is 11.9. The molecule has 1 aromatic carbocycles. The summed E-state index contributed by atoms with van der Waals surface area (Å²) in [7, 11) is 1.53. The van der Waals surface area contributed by atoms with Gasteiger partial charge in [0.05, 0.1) is 0 Å². The van der Waals surface area contributed by atoms with E-state index in [1.165, 1.54) is 7.11 Å². The van der Waals surface area contributed by atoms with E-state index in [9.17, 15) is 4.79 Å². The lowest BCUT2D eigenvalue weighted by atomic mass is 10.1. The van der Waals surface area contributed by atoms with Crippen LogP contribution in [0.15, 0.2) is 30.3 Å². The Kier molecular flexibility index (Phi) is 5.66. The minimum Gasteiger partial charge on any atom is -0.367 e. The molecule has 0 spiro atoms. The van der Waals surface area contributed by atoms with E-state index in [0.717, 1.165) is 5.56 Å². The number of amides is 1. The Labute approximate surface area is 102 Å². The summed E-state index contributed by atoms with van der Waals surface area (Å²) in [5, 5.41) is 2.84. The van der Waals surface area contributed by atoms with Gasteiger partial charge in [-0.25, -0.2) is 0 Å². The summed E-state index contributed by atoms with van der Waals surface area (Å²) in [5.74, 6) is 0.145. The predicted molar refractivity (Wildman–Crippen MR) is 67.4 cm³/mol. The second-order valence-corrected chi connectivity index (χ2v) is 4.11. The molecule has 0 radical (unpaired) electrons. The number of nitrogens with one attached hydrogen (secondary N) is 1. The SMILES string of the molecule is COC(C(=O)NCC(C)CN)c1ccccc1. The molecule has 0 saturated heterocycles. The van der Waals surface area contributed by atoms with Crippen LogP contribution in [0.1, 0.15) is 18.6 Å². The highest BCUT2D eigenvalue weighted by Gasteiger charge is 2.19. The maximum Gasteiger partial charge on any atom is 0.253 e. The van der Waals surface area contributed by atoms with E-state index in [4.69, 9.17) is 10.5 Å². The number of ether oxygens (including phenoxy) is 1. The molecule has 0 bridgehead atoms. The van der Waals surface area contributed by atoms with Crippen LogP contribution in [0.4, 0.5) is 0 Å². The quantitative estimate of drug-likeness (QED) is 0.777. The predicted octanol–water partition coefficient (Wildman–Crippen LogP) is 1.09. The average Bonchev–Trinajstić information content (AvgIpc) is 2.38. The van der Waals surface area contributed by atoms with Crippen LogP contribution in [0.25, 0.3) is 0 Å². The lowest BCUT2D eigenvalue weighted by Crippen LogP contribution is -2.35. The Balaban J connectivity index is 2.59. The van der Waals surface area contributed by atoms with Crippen molar-refractivity contribution < 1.29 is 9.53 Å². The van der Waals surface area contributed by atoms with Crippen LogP contribution in [-0.2, 0) is 9.53 Å². The summed E-state index contributed by atoms with van der Waals surface area (Å²) in [6, 6.07) is 9.43. The fourth-order valence-electron chi connectivity index (χ4n) is 1.47. The summed E-state index contributed by atoms with van der Waals surface area (Å²) in [5.41, 5.74) is 6.35. The Hall–Kier alpha value is -1.39. The second-order valence-electron chi connectivity index (χ2n) is 4.11. The summed E-state index contributed by atoms with van der Waals surface area (Å²) in [6.45, 7) is 3.12. The van der Waals surface area contributed by atoms with Crippen molar-refractivity contribution >= 4 is 5.91 Å². The zero-order valence-corrected chi connectivity index (χ0v) is 10.3. The van der Waals surface area contributed by atoms with E-state index in [-0.39, 0.29) is 11.8 Å². The Morgan fingerprint density at radius 2 is 2.06 bits per heavy atom. The van der Waals surface area contributed by atoms with Crippen molar-refractivity contribution in [1.82, 2.24) is 5.32 Å². The monoisotopic (exact) mass is 236 g/mol. The number of carbonyl (C=O) groups is 1. The molecule has 1 amide bonds. The fourth-order valence-corrected chi connectivity index (χ4v) is 1.47. The number of carbonyl (C=O) groups excluding carboxylic acids is 1. The van der Waals surface area contributed by atoms with Crippen molar-refractivity contribution in [1.29, 1.82) is 0 Å². The minimum atomic E-state index is -0.554. The van der Waals surface area contributed by atoms with Gasteiger partial charge in [0.2, 0.25) is 0 Å². The van der Waals surface area contributed by atoms with Gasteiger partial charge in [-0.05, 0) is 18.0 Å². The maximum atomic E-state index is 11.9. The molecule has 2 atom stereocenters. The number of rotatable bonds is 6. The van der Waals surface area contributed by atoms with E-state index in [0.29, 0.717) is 13.1 Å². The molecule has 0 saturated carbocycles. The number of hydrogen-bond donors (Lipinski definition) is 2. The lowest BCUT2D eigenvalue weighted by molar-refractivity contribution is -0.131. The third kappa shape index (κ3) is 4.17. The minimum absolute atomic E-state index is 0.126. The van der Waals surface area contributed by atoms with Crippen LogP contribution in [0.2, 0.25) is 0 Å². The normalized spacial score (nSPS) is 14.1. The zero-order valence-electron chi connectivity index (χ0n) is 10.3. The van der Waals surface area contributed by atoms with Gasteiger partial charge < -0.3 is 15.8 Å². The van der Waals surface area contributed by atoms with E-state index in [1.54, 1.807) is 0 Å². The van der Waals surface area contributed by atoms with Crippen molar-refractivity contribution in [3.05, 3.63) is 35.9 Å². The first kappa shape index (κ1) is 13.7. The molecule has 0 aromatic heterocycles.